The Labute approximate surface area is 175 Å². The molecule has 3 aromatic heterocycles. The molecule has 2 atom stereocenters. The molecule has 4 nitrogen and oxygen atoms in total. The lowest BCUT2D eigenvalue weighted by atomic mass is 9.89. The molecule has 150 valence electrons. The fourth-order valence-electron chi connectivity index (χ4n) is 4.12. The predicted octanol–water partition coefficient (Wildman–Crippen LogP) is 6.13. The highest BCUT2D eigenvalue weighted by atomic mass is 32.1. The maximum atomic E-state index is 14.9. The van der Waals surface area contributed by atoms with Crippen molar-refractivity contribution in [2.24, 2.45) is 0 Å². The summed E-state index contributed by atoms with van der Waals surface area (Å²) in [6.45, 7) is 3.33. The predicted molar refractivity (Wildman–Crippen MR) is 117 cm³/mol. The Morgan fingerprint density at radius 3 is 2.97 bits per heavy atom. The van der Waals surface area contributed by atoms with Gasteiger partial charge in [0.25, 0.3) is 0 Å². The van der Waals surface area contributed by atoms with Crippen molar-refractivity contribution in [3.8, 4) is 0 Å². The lowest BCUT2D eigenvalue weighted by Crippen LogP contribution is -2.38. The van der Waals surface area contributed by atoms with E-state index in [1.54, 1.807) is 29.0 Å². The SMILES string of the molecule is C[C@@H]1[C@H](c2cc3c(Nc4ccc5scnc5c4F)c(F)cnc3s2)CCCN1C. The standard InChI is InChI=1S/C21H20F2N4S2/c1-11-12(4-3-7-27(11)2)17-8-13-19(14(22)9-24-21(13)29-17)26-15-5-6-16-20(18(15)23)25-10-28-16/h5-6,8-12H,3-4,7H2,1-2H3,(H,24,26)/t11-,12-/m1/s1. The molecule has 8 heteroatoms. The van der Waals surface area contributed by atoms with Crippen LogP contribution in [0.3, 0.4) is 0 Å². The number of rotatable bonds is 3. The number of nitrogens with one attached hydrogen (secondary N) is 1. The van der Waals surface area contributed by atoms with Crippen LogP contribution in [0.15, 0.2) is 29.9 Å². The topological polar surface area (TPSA) is 41.1 Å². The number of likely N-dealkylation sites (N-methyl/N-ethyl adjacent to an activating group) is 1. The summed E-state index contributed by atoms with van der Waals surface area (Å²) >= 11 is 2.98. The number of thiazole rings is 1. The molecule has 0 amide bonds. The van der Waals surface area contributed by atoms with E-state index in [-0.39, 0.29) is 11.4 Å². The molecule has 1 fully saturated rings. The molecular formula is C21H20F2N4S2. The largest absolute Gasteiger partial charge is 0.350 e. The number of nitrogens with zero attached hydrogens (tertiary/aromatic N) is 3. The number of piperidine rings is 1. The van der Waals surface area contributed by atoms with Crippen LogP contribution >= 0.6 is 22.7 Å². The zero-order valence-corrected chi connectivity index (χ0v) is 17.7. The van der Waals surface area contributed by atoms with Gasteiger partial charge in [0.15, 0.2) is 11.6 Å². The summed E-state index contributed by atoms with van der Waals surface area (Å²) < 4.78 is 30.3. The number of thiophene rings is 1. The molecule has 0 radical (unpaired) electrons. The number of hydrogen-bond acceptors (Lipinski definition) is 6. The van der Waals surface area contributed by atoms with Gasteiger partial charge in [0.05, 0.1) is 27.8 Å². The van der Waals surface area contributed by atoms with Gasteiger partial charge in [-0.15, -0.1) is 22.7 Å². The average molecular weight is 431 g/mol. The zero-order valence-electron chi connectivity index (χ0n) is 16.1. The number of likely N-dealkylation sites (tertiary alicyclic amines) is 1. The molecule has 4 aromatic rings. The lowest BCUT2D eigenvalue weighted by molar-refractivity contribution is 0.176. The van der Waals surface area contributed by atoms with Gasteiger partial charge in [0.2, 0.25) is 0 Å². The van der Waals surface area contributed by atoms with Crippen molar-refractivity contribution in [2.45, 2.75) is 31.7 Å². The van der Waals surface area contributed by atoms with Gasteiger partial charge in [-0.05, 0) is 51.6 Å². The number of halogens is 2. The Bertz CT molecular complexity index is 1200. The van der Waals surface area contributed by atoms with Gasteiger partial charge in [-0.2, -0.15) is 0 Å². The Morgan fingerprint density at radius 2 is 2.10 bits per heavy atom. The summed E-state index contributed by atoms with van der Waals surface area (Å²) in [5.41, 5.74) is 2.39. The van der Waals surface area contributed by atoms with Gasteiger partial charge < -0.3 is 10.2 Å². The van der Waals surface area contributed by atoms with E-state index < -0.39 is 11.6 Å². The van der Waals surface area contributed by atoms with Gasteiger partial charge in [-0.25, -0.2) is 18.7 Å². The van der Waals surface area contributed by atoms with Crippen molar-refractivity contribution in [1.29, 1.82) is 0 Å². The van der Waals surface area contributed by atoms with Crippen molar-refractivity contribution in [3.05, 3.63) is 46.4 Å². The number of hydrogen-bond donors (Lipinski definition) is 1. The molecule has 0 saturated carbocycles. The van der Waals surface area contributed by atoms with Crippen molar-refractivity contribution < 1.29 is 8.78 Å². The molecule has 5 rings (SSSR count). The van der Waals surface area contributed by atoms with Gasteiger partial charge in [0.1, 0.15) is 10.3 Å². The Balaban J connectivity index is 1.57. The maximum Gasteiger partial charge on any atom is 0.173 e. The van der Waals surface area contributed by atoms with E-state index in [0.29, 0.717) is 22.9 Å². The highest BCUT2D eigenvalue weighted by Gasteiger charge is 2.29. The van der Waals surface area contributed by atoms with Crippen molar-refractivity contribution in [2.75, 3.05) is 18.9 Å². The average Bonchev–Trinajstić information content (AvgIpc) is 3.35. The molecule has 0 spiro atoms. The molecule has 1 aromatic carbocycles. The summed E-state index contributed by atoms with van der Waals surface area (Å²) in [6.07, 6.45) is 3.46. The van der Waals surface area contributed by atoms with Crippen LogP contribution in [0.2, 0.25) is 0 Å². The molecule has 0 unspecified atom stereocenters. The van der Waals surface area contributed by atoms with E-state index in [1.165, 1.54) is 22.4 Å². The monoisotopic (exact) mass is 430 g/mol. The normalized spacial score (nSPS) is 20.6. The van der Waals surface area contributed by atoms with Crippen LogP contribution in [0.25, 0.3) is 20.4 Å². The van der Waals surface area contributed by atoms with Crippen LogP contribution in [0.5, 0.6) is 0 Å². The number of pyridine rings is 1. The Morgan fingerprint density at radius 1 is 1.24 bits per heavy atom. The second-order valence-corrected chi connectivity index (χ2v) is 9.52. The van der Waals surface area contributed by atoms with Gasteiger partial charge in [0, 0.05) is 22.2 Å². The minimum Gasteiger partial charge on any atom is -0.350 e. The molecule has 1 aliphatic rings. The zero-order chi connectivity index (χ0) is 20.1. The number of anilines is 2. The summed E-state index contributed by atoms with van der Waals surface area (Å²) in [5, 5.41) is 3.67. The molecular weight excluding hydrogens is 410 g/mol. The van der Waals surface area contributed by atoms with E-state index in [2.05, 4.69) is 34.2 Å². The summed E-state index contributed by atoms with van der Waals surface area (Å²) in [7, 11) is 2.15. The van der Waals surface area contributed by atoms with Crippen LogP contribution in [0.4, 0.5) is 20.2 Å². The van der Waals surface area contributed by atoms with Crippen LogP contribution in [0.1, 0.15) is 30.6 Å². The van der Waals surface area contributed by atoms with Gasteiger partial charge in [-0.1, -0.05) is 0 Å². The quantitative estimate of drug-likeness (QED) is 0.425. The minimum atomic E-state index is -0.492. The summed E-state index contributed by atoms with van der Waals surface area (Å²) in [6, 6.07) is 5.88. The number of aromatic nitrogens is 2. The summed E-state index contributed by atoms with van der Waals surface area (Å²) in [5.74, 6) is -0.563. The van der Waals surface area contributed by atoms with Crippen LogP contribution in [-0.4, -0.2) is 34.5 Å². The second-order valence-electron chi connectivity index (χ2n) is 7.57. The lowest BCUT2D eigenvalue weighted by Gasteiger charge is -2.36. The van der Waals surface area contributed by atoms with E-state index >= 15 is 0 Å². The van der Waals surface area contributed by atoms with E-state index in [4.69, 9.17) is 0 Å². The van der Waals surface area contributed by atoms with Crippen LogP contribution < -0.4 is 5.32 Å². The molecule has 0 bridgehead atoms. The first-order chi connectivity index (χ1) is 14.0. The van der Waals surface area contributed by atoms with Crippen molar-refractivity contribution in [3.63, 3.8) is 0 Å². The minimum absolute atomic E-state index is 0.216. The maximum absolute atomic E-state index is 14.9. The first kappa shape index (κ1) is 18.8. The third-order valence-electron chi connectivity index (χ3n) is 5.90. The molecule has 4 heterocycles. The van der Waals surface area contributed by atoms with E-state index in [1.807, 2.05) is 6.07 Å². The third-order valence-corrected chi connectivity index (χ3v) is 7.87. The fourth-order valence-corrected chi connectivity index (χ4v) is 6.03. The third kappa shape index (κ3) is 3.19. The highest BCUT2D eigenvalue weighted by molar-refractivity contribution is 7.18. The van der Waals surface area contributed by atoms with Gasteiger partial charge >= 0.3 is 0 Å². The van der Waals surface area contributed by atoms with Crippen LogP contribution in [-0.2, 0) is 0 Å². The first-order valence-electron chi connectivity index (χ1n) is 9.60. The molecule has 1 N–H and O–H groups in total. The molecule has 29 heavy (non-hydrogen) atoms. The summed E-state index contributed by atoms with van der Waals surface area (Å²) in [4.78, 5) is 12.7. The van der Waals surface area contributed by atoms with E-state index in [9.17, 15) is 8.78 Å². The van der Waals surface area contributed by atoms with E-state index in [0.717, 1.165) is 28.9 Å². The molecule has 1 saturated heterocycles. The molecule has 1 aliphatic heterocycles. The Hall–Kier alpha value is -2.16. The highest BCUT2D eigenvalue weighted by Crippen LogP contribution is 2.41. The fraction of sp³-hybridized carbons (Fsp3) is 0.333. The smallest absolute Gasteiger partial charge is 0.173 e. The van der Waals surface area contributed by atoms with Crippen molar-refractivity contribution >= 4 is 54.5 Å². The number of fused-ring (bicyclic) bond motifs is 2. The Kier molecular flexibility index (Phi) is 4.72. The number of benzene rings is 1. The van der Waals surface area contributed by atoms with Crippen LogP contribution in [0, 0.1) is 11.6 Å². The first-order valence-corrected chi connectivity index (χ1v) is 11.3. The molecule has 0 aliphatic carbocycles. The van der Waals surface area contributed by atoms with Gasteiger partial charge in [-0.3, -0.25) is 0 Å². The second kappa shape index (κ2) is 7.27. The van der Waals surface area contributed by atoms with Crippen molar-refractivity contribution in [1.82, 2.24) is 14.9 Å².